The molecule has 4 nitrogen and oxygen atoms in total. The molecule has 0 amide bonds. The summed E-state index contributed by atoms with van der Waals surface area (Å²) in [6.45, 7) is 0. The van der Waals surface area contributed by atoms with E-state index in [0.29, 0.717) is 0 Å². The lowest BCUT2D eigenvalue weighted by Crippen LogP contribution is -2.24. The Bertz CT molecular complexity index is 2800. The van der Waals surface area contributed by atoms with E-state index < -0.39 is 0 Å². The molecule has 2 aromatic heterocycles. The molecule has 0 saturated carbocycles. The first-order valence-corrected chi connectivity index (χ1v) is 17.3. The molecule has 10 rings (SSSR count). The Hall–Kier alpha value is -6.78. The van der Waals surface area contributed by atoms with E-state index in [1.165, 1.54) is 0 Å². The molecule has 0 saturated heterocycles. The number of hydrogen-bond donors (Lipinski definition) is 1. The van der Waals surface area contributed by atoms with Crippen molar-refractivity contribution in [1.29, 1.82) is 0 Å². The fraction of sp³-hybridized carbons (Fsp3) is 0.0213. The highest BCUT2D eigenvalue weighted by Gasteiger charge is 2.20. The Labute approximate surface area is 295 Å². The molecule has 1 aliphatic heterocycles. The molecule has 1 aliphatic rings. The number of allylic oxidation sites excluding steroid dienone is 1. The summed E-state index contributed by atoms with van der Waals surface area (Å²) in [5.41, 5.74) is 12.4. The number of pyridine rings is 1. The van der Waals surface area contributed by atoms with E-state index in [-0.39, 0.29) is 6.17 Å². The van der Waals surface area contributed by atoms with Crippen LogP contribution in [0.25, 0.3) is 71.7 Å². The van der Waals surface area contributed by atoms with Crippen molar-refractivity contribution in [1.82, 2.24) is 10.3 Å². The van der Waals surface area contributed by atoms with Gasteiger partial charge in [0.15, 0.2) is 0 Å². The van der Waals surface area contributed by atoms with Gasteiger partial charge in [0.2, 0.25) is 0 Å². The number of nitrogens with zero attached hydrogens (tertiary/aromatic N) is 2. The molecule has 4 heteroatoms. The number of fused-ring (bicyclic) bond motifs is 7. The summed E-state index contributed by atoms with van der Waals surface area (Å²) in [6, 6.07) is 59.3. The first-order chi connectivity index (χ1) is 25.3. The van der Waals surface area contributed by atoms with Crippen LogP contribution in [0, 0.1) is 0 Å². The Kier molecular flexibility index (Phi) is 6.85. The van der Waals surface area contributed by atoms with Gasteiger partial charge in [-0.05, 0) is 64.2 Å². The summed E-state index contributed by atoms with van der Waals surface area (Å²) >= 11 is 0. The molecule has 1 N–H and O–H groups in total. The zero-order chi connectivity index (χ0) is 33.7. The summed E-state index contributed by atoms with van der Waals surface area (Å²) in [4.78, 5) is 10.4. The van der Waals surface area contributed by atoms with E-state index in [9.17, 15) is 0 Å². The van der Waals surface area contributed by atoms with Crippen LogP contribution >= 0.6 is 0 Å². The number of hydrogen-bond acceptors (Lipinski definition) is 4. The van der Waals surface area contributed by atoms with E-state index >= 15 is 0 Å². The van der Waals surface area contributed by atoms with Gasteiger partial charge in [-0.3, -0.25) is 4.99 Å². The standard InChI is InChI=1S/C47H31N3O/c1-4-12-31(13-5-1)40-29-41(50-47(49-40)34-16-8-3-9-17-34)32-22-20-30(21-23-32)35-24-26-39-38(28-35)44-37(46(48-39)33-14-6-2-7-15-33)25-27-43-45(44)36-18-10-11-19-42(36)51-43/h1-29,47,49H. The normalized spacial score (nSPS) is 14.5. The minimum atomic E-state index is -0.182. The molecule has 7 aromatic carbocycles. The summed E-state index contributed by atoms with van der Waals surface area (Å²) < 4.78 is 6.37. The minimum absolute atomic E-state index is 0.182. The highest BCUT2D eigenvalue weighted by Crippen LogP contribution is 2.42. The molecule has 1 atom stereocenters. The highest BCUT2D eigenvalue weighted by atomic mass is 16.3. The van der Waals surface area contributed by atoms with E-state index in [1.54, 1.807) is 0 Å². The smallest absolute Gasteiger partial charge is 0.145 e. The maximum atomic E-state index is 6.37. The lowest BCUT2D eigenvalue weighted by molar-refractivity contribution is 0.664. The third-order valence-electron chi connectivity index (χ3n) is 9.90. The van der Waals surface area contributed by atoms with E-state index in [0.717, 1.165) is 94.1 Å². The van der Waals surface area contributed by atoms with Crippen molar-refractivity contribution in [2.24, 2.45) is 4.99 Å². The maximum Gasteiger partial charge on any atom is 0.145 e. The topological polar surface area (TPSA) is 50.4 Å². The second-order valence-corrected chi connectivity index (χ2v) is 13.0. The largest absolute Gasteiger partial charge is 0.456 e. The van der Waals surface area contributed by atoms with Crippen molar-refractivity contribution in [3.8, 4) is 22.4 Å². The molecule has 0 aliphatic carbocycles. The average Bonchev–Trinajstić information content (AvgIpc) is 3.60. The van der Waals surface area contributed by atoms with Crippen molar-refractivity contribution in [3.05, 3.63) is 193 Å². The average molecular weight is 654 g/mol. The van der Waals surface area contributed by atoms with Gasteiger partial charge >= 0.3 is 0 Å². The molecule has 0 radical (unpaired) electrons. The Morgan fingerprint density at radius 1 is 0.471 bits per heavy atom. The monoisotopic (exact) mass is 653 g/mol. The molecule has 0 fully saturated rings. The number of nitrogens with one attached hydrogen (secondary N) is 1. The number of benzene rings is 7. The van der Waals surface area contributed by atoms with Gasteiger partial charge in [-0.25, -0.2) is 4.98 Å². The molecule has 0 bridgehead atoms. The Balaban J connectivity index is 1.11. The van der Waals surface area contributed by atoms with E-state index in [2.05, 4.69) is 151 Å². The van der Waals surface area contributed by atoms with Crippen molar-refractivity contribution < 1.29 is 4.42 Å². The van der Waals surface area contributed by atoms with E-state index in [4.69, 9.17) is 14.4 Å². The third kappa shape index (κ3) is 5.08. The van der Waals surface area contributed by atoms with Crippen molar-refractivity contribution >= 4 is 55.0 Å². The van der Waals surface area contributed by atoms with Gasteiger partial charge in [0.25, 0.3) is 0 Å². The molecule has 51 heavy (non-hydrogen) atoms. The van der Waals surface area contributed by atoms with Gasteiger partial charge in [-0.15, -0.1) is 0 Å². The van der Waals surface area contributed by atoms with Crippen LogP contribution in [0.5, 0.6) is 0 Å². The number of aromatic nitrogens is 1. The van der Waals surface area contributed by atoms with Gasteiger partial charge in [0, 0.05) is 38.2 Å². The third-order valence-corrected chi connectivity index (χ3v) is 9.90. The summed E-state index contributed by atoms with van der Waals surface area (Å²) in [5, 5.41) is 9.26. The molecule has 240 valence electrons. The number of aliphatic imine (C=N–C) groups is 1. The van der Waals surface area contributed by atoms with Gasteiger partial charge in [-0.1, -0.05) is 140 Å². The van der Waals surface area contributed by atoms with Crippen LogP contribution in [0.3, 0.4) is 0 Å². The lowest BCUT2D eigenvalue weighted by Gasteiger charge is -2.25. The van der Waals surface area contributed by atoms with E-state index in [1.807, 2.05) is 30.3 Å². The summed E-state index contributed by atoms with van der Waals surface area (Å²) in [5.74, 6) is 0. The van der Waals surface area contributed by atoms with Gasteiger partial charge in [-0.2, -0.15) is 0 Å². The van der Waals surface area contributed by atoms with Crippen molar-refractivity contribution in [3.63, 3.8) is 0 Å². The molecular weight excluding hydrogens is 623 g/mol. The molecule has 9 aromatic rings. The zero-order valence-electron chi connectivity index (χ0n) is 27.6. The predicted molar refractivity (Wildman–Crippen MR) is 211 cm³/mol. The van der Waals surface area contributed by atoms with Crippen LogP contribution in [0.15, 0.2) is 185 Å². The van der Waals surface area contributed by atoms with Crippen LogP contribution in [-0.4, -0.2) is 10.7 Å². The van der Waals surface area contributed by atoms with Crippen LogP contribution in [0.4, 0.5) is 0 Å². The summed E-state index contributed by atoms with van der Waals surface area (Å²) in [6.07, 6.45) is 1.97. The van der Waals surface area contributed by atoms with Gasteiger partial charge < -0.3 is 9.73 Å². The second-order valence-electron chi connectivity index (χ2n) is 13.0. The van der Waals surface area contributed by atoms with Gasteiger partial charge in [0.1, 0.15) is 17.3 Å². The van der Waals surface area contributed by atoms with Crippen molar-refractivity contribution in [2.45, 2.75) is 6.17 Å². The lowest BCUT2D eigenvalue weighted by atomic mass is 9.94. The fourth-order valence-corrected chi connectivity index (χ4v) is 7.41. The fourth-order valence-electron chi connectivity index (χ4n) is 7.41. The summed E-state index contributed by atoms with van der Waals surface area (Å²) in [7, 11) is 0. The van der Waals surface area contributed by atoms with Crippen LogP contribution < -0.4 is 5.32 Å². The first-order valence-electron chi connectivity index (χ1n) is 17.3. The molecule has 1 unspecified atom stereocenters. The highest BCUT2D eigenvalue weighted by molar-refractivity contribution is 6.28. The molecule has 3 heterocycles. The number of furan rings is 1. The van der Waals surface area contributed by atoms with Crippen LogP contribution in [0.2, 0.25) is 0 Å². The SMILES string of the molecule is C1=C(c2ccccc2)NC(c2ccccc2)N=C1c1ccc(-c2ccc3nc(-c4ccccc4)c4ccc5oc6ccccc6c5c4c3c2)cc1. The van der Waals surface area contributed by atoms with Crippen LogP contribution in [0.1, 0.15) is 22.9 Å². The van der Waals surface area contributed by atoms with Crippen LogP contribution in [-0.2, 0) is 0 Å². The quantitative estimate of drug-likeness (QED) is 0.188. The number of rotatable bonds is 5. The minimum Gasteiger partial charge on any atom is -0.456 e. The zero-order valence-corrected chi connectivity index (χ0v) is 27.6. The second kappa shape index (κ2) is 12.0. The molecular formula is C47H31N3O. The Morgan fingerprint density at radius 3 is 1.92 bits per heavy atom. The van der Waals surface area contributed by atoms with Crippen molar-refractivity contribution in [2.75, 3.05) is 0 Å². The Morgan fingerprint density at radius 2 is 1.14 bits per heavy atom. The molecule has 0 spiro atoms. The maximum absolute atomic E-state index is 6.37. The predicted octanol–water partition coefficient (Wildman–Crippen LogP) is 11.8. The number of para-hydroxylation sites is 1. The first kappa shape index (κ1) is 29.2. The van der Waals surface area contributed by atoms with Gasteiger partial charge in [0.05, 0.1) is 16.9 Å².